The molecule has 4 aromatic carbocycles. The second-order valence-corrected chi connectivity index (χ2v) is 19.2. The van der Waals surface area contributed by atoms with Gasteiger partial charge >= 0.3 is 0 Å². The number of unbranched alkanes of at least 4 members (excludes halogenated alkanes) is 2. The molecule has 0 aliphatic rings. The third-order valence-electron chi connectivity index (χ3n) is 11.6. The number of hydrogen-bond donors (Lipinski definition) is 3. The summed E-state index contributed by atoms with van der Waals surface area (Å²) in [6.45, 7) is 20.3. The maximum Gasteiger partial charge on any atom is 0.152 e. The summed E-state index contributed by atoms with van der Waals surface area (Å²) in [7, 11) is 0. The highest BCUT2D eigenvalue weighted by Crippen LogP contribution is 2.32. The Hall–Kier alpha value is -5.80. The average molecular weight is 830 g/mol. The van der Waals surface area contributed by atoms with E-state index in [-0.39, 0.29) is 5.54 Å². The number of imidazole rings is 2. The van der Waals surface area contributed by atoms with Crippen LogP contribution in [0.5, 0.6) is 0 Å². The van der Waals surface area contributed by atoms with Gasteiger partial charge in [0, 0.05) is 48.8 Å². The van der Waals surface area contributed by atoms with Gasteiger partial charge in [0.2, 0.25) is 0 Å². The molecule has 0 aliphatic carbocycles. The van der Waals surface area contributed by atoms with Gasteiger partial charge in [0.25, 0.3) is 0 Å². The minimum absolute atomic E-state index is 0.0906. The Balaban J connectivity index is 0.000000186. The fraction of sp³-hybridized carbons (Fsp3) is 0.396. The number of rotatable bonds is 14. The number of aromatic nitrogens is 6. The molecule has 0 saturated heterocycles. The standard InChI is InChI=1S/C27H34N4.C26H33N5/c1-5-6-11-23-30-24-25(21-9-7-8-10-22(21)29-26(24)28)31(23)18-20-14-12-19(13-15-20)16-17-27(2,3)4;1-5-6-14-22-30-23-24(20-12-7-8-13-21(20)29-25(23)27)31(22)17-19-11-9-10-18(15-19)16-28-26(2,3)4/h7-10,12-15H,5-6,11,16-18H2,1-4H3,(H2,28,29);7-13,15,28H,5-6,14,16-17H2,1-4H3,(H2,27,29). The molecule has 0 saturated carbocycles. The Morgan fingerprint density at radius 3 is 1.52 bits per heavy atom. The number of nitrogen functional groups attached to an aromatic ring is 2. The van der Waals surface area contributed by atoms with Crippen molar-refractivity contribution in [3.63, 3.8) is 0 Å². The van der Waals surface area contributed by atoms with E-state index in [0.29, 0.717) is 17.1 Å². The van der Waals surface area contributed by atoms with Gasteiger partial charge in [-0.2, -0.15) is 0 Å². The molecule has 8 rings (SSSR count). The van der Waals surface area contributed by atoms with Gasteiger partial charge in [-0.05, 0) is 86.3 Å². The highest BCUT2D eigenvalue weighted by molar-refractivity contribution is 6.07. The van der Waals surface area contributed by atoms with E-state index < -0.39 is 0 Å². The lowest BCUT2D eigenvalue weighted by Gasteiger charge is -2.21. The van der Waals surface area contributed by atoms with Gasteiger partial charge in [0.05, 0.1) is 22.1 Å². The number of pyridine rings is 2. The lowest BCUT2D eigenvalue weighted by atomic mass is 9.88. The first kappa shape index (κ1) is 44.3. The Bertz CT molecular complexity index is 2760. The molecule has 0 radical (unpaired) electrons. The molecule has 324 valence electrons. The van der Waals surface area contributed by atoms with Crippen molar-refractivity contribution in [2.45, 2.75) is 132 Å². The van der Waals surface area contributed by atoms with E-state index >= 15 is 0 Å². The monoisotopic (exact) mass is 830 g/mol. The number of para-hydroxylation sites is 2. The maximum atomic E-state index is 6.34. The Kier molecular flexibility index (Phi) is 13.6. The molecule has 8 aromatic rings. The van der Waals surface area contributed by atoms with Crippen LogP contribution in [0, 0.1) is 5.41 Å². The minimum Gasteiger partial charge on any atom is -0.382 e. The van der Waals surface area contributed by atoms with Gasteiger partial charge in [-0.1, -0.05) is 132 Å². The first-order chi connectivity index (χ1) is 29.7. The third-order valence-corrected chi connectivity index (χ3v) is 11.6. The summed E-state index contributed by atoms with van der Waals surface area (Å²) in [6, 6.07) is 34.3. The first-order valence-electron chi connectivity index (χ1n) is 22.7. The van der Waals surface area contributed by atoms with Gasteiger partial charge in [-0.15, -0.1) is 0 Å². The smallest absolute Gasteiger partial charge is 0.152 e. The van der Waals surface area contributed by atoms with Gasteiger partial charge in [-0.25, -0.2) is 19.9 Å². The zero-order valence-electron chi connectivity index (χ0n) is 38.4. The van der Waals surface area contributed by atoms with Crippen molar-refractivity contribution in [2.75, 3.05) is 11.5 Å². The number of nitrogens with zero attached hydrogens (tertiary/aromatic N) is 6. The number of aryl methyl sites for hydroxylation is 3. The molecule has 0 aliphatic heterocycles. The SMILES string of the molecule is CCCCc1nc2c(N)nc3ccccc3c2n1Cc1ccc(CCC(C)(C)C)cc1.CCCCc1nc2c(N)nc3ccccc3c2n1Cc1cccc(CNC(C)(C)C)c1. The molecule has 0 spiro atoms. The van der Waals surface area contributed by atoms with Crippen LogP contribution in [0.1, 0.15) is 121 Å². The Labute approximate surface area is 368 Å². The van der Waals surface area contributed by atoms with Crippen LogP contribution in [0.4, 0.5) is 11.6 Å². The second kappa shape index (κ2) is 19.1. The maximum absolute atomic E-state index is 6.34. The molecule has 0 bridgehead atoms. The normalized spacial score (nSPS) is 12.1. The molecule has 9 heteroatoms. The van der Waals surface area contributed by atoms with E-state index in [4.69, 9.17) is 21.4 Å². The quantitative estimate of drug-likeness (QED) is 0.0996. The lowest BCUT2D eigenvalue weighted by molar-refractivity contribution is 0.378. The van der Waals surface area contributed by atoms with Crippen LogP contribution in [0.15, 0.2) is 97.1 Å². The fourth-order valence-electron chi connectivity index (χ4n) is 8.10. The Morgan fingerprint density at radius 2 is 1.02 bits per heavy atom. The molecular formula is C53H67N9. The fourth-order valence-corrected chi connectivity index (χ4v) is 8.10. The van der Waals surface area contributed by atoms with E-state index in [1.807, 2.05) is 24.3 Å². The molecule has 9 nitrogen and oxygen atoms in total. The summed E-state index contributed by atoms with van der Waals surface area (Å²) in [5, 5.41) is 5.80. The van der Waals surface area contributed by atoms with Crippen molar-refractivity contribution in [3.05, 3.63) is 131 Å². The largest absolute Gasteiger partial charge is 0.382 e. The van der Waals surface area contributed by atoms with E-state index in [1.54, 1.807) is 0 Å². The molecule has 0 amide bonds. The van der Waals surface area contributed by atoms with Gasteiger partial charge < -0.3 is 25.9 Å². The summed E-state index contributed by atoms with van der Waals surface area (Å²) in [5.41, 5.74) is 24.0. The van der Waals surface area contributed by atoms with Crippen LogP contribution in [0.25, 0.3) is 43.9 Å². The van der Waals surface area contributed by atoms with Gasteiger partial charge in [0.1, 0.15) is 22.7 Å². The van der Waals surface area contributed by atoms with Crippen molar-refractivity contribution in [3.8, 4) is 0 Å². The van der Waals surface area contributed by atoms with Gasteiger partial charge in [0.15, 0.2) is 11.6 Å². The van der Waals surface area contributed by atoms with Crippen molar-refractivity contribution < 1.29 is 0 Å². The number of nitrogens with two attached hydrogens (primary N) is 2. The number of hydrogen-bond acceptors (Lipinski definition) is 7. The predicted molar refractivity (Wildman–Crippen MR) is 262 cm³/mol. The average Bonchev–Trinajstić information content (AvgIpc) is 3.80. The summed E-state index contributed by atoms with van der Waals surface area (Å²) >= 11 is 0. The van der Waals surface area contributed by atoms with Crippen molar-refractivity contribution in [1.29, 1.82) is 0 Å². The van der Waals surface area contributed by atoms with Crippen LogP contribution in [-0.2, 0) is 38.9 Å². The van der Waals surface area contributed by atoms with Crippen LogP contribution in [-0.4, -0.2) is 34.6 Å². The number of benzene rings is 4. The van der Waals surface area contributed by atoms with Gasteiger partial charge in [-0.3, -0.25) is 0 Å². The van der Waals surface area contributed by atoms with Crippen molar-refractivity contribution in [2.24, 2.45) is 5.41 Å². The molecule has 0 unspecified atom stereocenters. The summed E-state index contributed by atoms with van der Waals surface area (Å²) in [5.74, 6) is 3.20. The van der Waals surface area contributed by atoms with Crippen LogP contribution in [0.2, 0.25) is 0 Å². The molecule has 4 aromatic heterocycles. The van der Waals surface area contributed by atoms with Crippen LogP contribution < -0.4 is 16.8 Å². The van der Waals surface area contributed by atoms with E-state index in [2.05, 4.69) is 153 Å². The summed E-state index contributed by atoms with van der Waals surface area (Å²) in [6.07, 6.45) is 8.67. The predicted octanol–water partition coefficient (Wildman–Crippen LogP) is 12.0. The Morgan fingerprint density at radius 1 is 0.532 bits per heavy atom. The van der Waals surface area contributed by atoms with Crippen LogP contribution in [0.3, 0.4) is 0 Å². The van der Waals surface area contributed by atoms with Crippen molar-refractivity contribution in [1.82, 2.24) is 34.4 Å². The van der Waals surface area contributed by atoms with E-state index in [1.165, 1.54) is 28.7 Å². The first-order valence-corrected chi connectivity index (χ1v) is 22.7. The molecule has 5 N–H and O–H groups in total. The van der Waals surface area contributed by atoms with Crippen LogP contribution >= 0.6 is 0 Å². The molecule has 0 atom stereocenters. The third kappa shape index (κ3) is 10.6. The summed E-state index contributed by atoms with van der Waals surface area (Å²) < 4.78 is 4.71. The number of fused-ring (bicyclic) bond motifs is 6. The minimum atomic E-state index is 0.0906. The molecule has 62 heavy (non-hydrogen) atoms. The second-order valence-electron chi connectivity index (χ2n) is 19.2. The number of anilines is 2. The van der Waals surface area contributed by atoms with Crippen molar-refractivity contribution >= 4 is 55.5 Å². The van der Waals surface area contributed by atoms with E-state index in [0.717, 1.165) is 120 Å². The zero-order chi connectivity index (χ0) is 44.0. The zero-order valence-corrected chi connectivity index (χ0v) is 38.4. The highest BCUT2D eigenvalue weighted by Gasteiger charge is 2.20. The van der Waals surface area contributed by atoms with E-state index in [9.17, 15) is 0 Å². The highest BCUT2D eigenvalue weighted by atomic mass is 15.1. The number of nitrogens with one attached hydrogen (secondary N) is 1. The molecule has 4 heterocycles. The lowest BCUT2D eigenvalue weighted by Crippen LogP contribution is -2.35. The molecular weight excluding hydrogens is 763 g/mol. The molecule has 0 fully saturated rings. The summed E-state index contributed by atoms with van der Waals surface area (Å²) in [4.78, 5) is 19.1. The topological polar surface area (TPSA) is 125 Å².